The number of hydrogen-bond donors (Lipinski definition) is 1. The summed E-state index contributed by atoms with van der Waals surface area (Å²) < 4.78 is 0.627. The molecule has 1 atom stereocenters. The molecule has 4 rings (SSSR count). The number of carbonyl (C=O) groups is 1. The zero-order valence-electron chi connectivity index (χ0n) is 16.4. The number of allylic oxidation sites excluding steroid dienone is 1. The van der Waals surface area contributed by atoms with E-state index in [1.165, 1.54) is 5.69 Å². The van der Waals surface area contributed by atoms with Crippen molar-refractivity contribution in [2.24, 2.45) is 10.9 Å². The van der Waals surface area contributed by atoms with Crippen molar-refractivity contribution >= 4 is 39.0 Å². The van der Waals surface area contributed by atoms with E-state index in [4.69, 9.17) is 4.99 Å². The highest BCUT2D eigenvalue weighted by Crippen LogP contribution is 2.30. The van der Waals surface area contributed by atoms with Gasteiger partial charge >= 0.3 is 0 Å². The second kappa shape index (κ2) is 8.09. The van der Waals surface area contributed by atoms with E-state index in [2.05, 4.69) is 68.4 Å². The van der Waals surface area contributed by atoms with Crippen molar-refractivity contribution in [3.8, 4) is 0 Å². The van der Waals surface area contributed by atoms with Crippen LogP contribution in [-0.4, -0.2) is 61.3 Å². The van der Waals surface area contributed by atoms with E-state index in [-0.39, 0.29) is 11.8 Å². The minimum atomic E-state index is -0.0183. The average molecular weight is 444 g/mol. The number of carbonyl (C=O) groups excluding carboxylic acids is 1. The Morgan fingerprint density at radius 3 is 2.57 bits per heavy atom. The molecule has 0 spiro atoms. The van der Waals surface area contributed by atoms with Crippen LogP contribution in [0.2, 0.25) is 0 Å². The third kappa shape index (κ3) is 3.86. The maximum absolute atomic E-state index is 12.4. The van der Waals surface area contributed by atoms with Gasteiger partial charge in [-0.05, 0) is 66.7 Å². The highest BCUT2D eigenvalue weighted by atomic mass is 79.9. The number of halogens is 1. The zero-order valence-corrected chi connectivity index (χ0v) is 17.9. The van der Waals surface area contributed by atoms with Crippen LogP contribution in [0.4, 0.5) is 11.4 Å². The fourth-order valence-corrected chi connectivity index (χ4v) is 4.37. The number of likely N-dealkylation sites (N-methyl/N-ethyl adjacent to an activating group) is 2. The van der Waals surface area contributed by atoms with Crippen LogP contribution in [0.5, 0.6) is 0 Å². The van der Waals surface area contributed by atoms with Crippen molar-refractivity contribution < 1.29 is 4.79 Å². The molecule has 0 aliphatic carbocycles. The standard InChI is InChI=1S/C21H26BrN5O/c1-3-27-20-15(14-18(22)21(27)28)4-9-19(24-20)23-16-5-7-17(8-6-16)26-12-10-25(2)11-13-26/h5-9,14-15,23H,3-4,10-13H2,1-2H3. The topological polar surface area (TPSA) is 51.2 Å². The van der Waals surface area contributed by atoms with Crippen molar-refractivity contribution in [2.45, 2.75) is 13.3 Å². The first kappa shape index (κ1) is 19.2. The van der Waals surface area contributed by atoms with E-state index in [1.807, 2.05) is 13.0 Å². The molecule has 28 heavy (non-hydrogen) atoms. The number of nitrogens with one attached hydrogen (secondary N) is 1. The van der Waals surface area contributed by atoms with Gasteiger partial charge in [0.05, 0.1) is 4.48 Å². The number of benzene rings is 1. The van der Waals surface area contributed by atoms with Gasteiger partial charge in [0, 0.05) is 50.0 Å². The molecule has 0 radical (unpaired) electrons. The number of nitrogens with zero attached hydrogens (tertiary/aromatic N) is 4. The molecule has 1 saturated heterocycles. The lowest BCUT2D eigenvalue weighted by molar-refractivity contribution is -0.123. The summed E-state index contributed by atoms with van der Waals surface area (Å²) >= 11 is 3.38. The molecular weight excluding hydrogens is 418 g/mol. The molecule has 1 N–H and O–H groups in total. The smallest absolute Gasteiger partial charge is 0.265 e. The van der Waals surface area contributed by atoms with Gasteiger partial charge in [0.15, 0.2) is 0 Å². The lowest BCUT2D eigenvalue weighted by Gasteiger charge is -2.34. The van der Waals surface area contributed by atoms with Crippen LogP contribution < -0.4 is 10.2 Å². The molecule has 7 heteroatoms. The highest BCUT2D eigenvalue weighted by molar-refractivity contribution is 9.12. The number of piperazine rings is 1. The molecule has 1 unspecified atom stereocenters. The van der Waals surface area contributed by atoms with E-state index in [1.54, 1.807) is 4.90 Å². The number of anilines is 2. The molecule has 0 bridgehead atoms. The van der Waals surface area contributed by atoms with Crippen molar-refractivity contribution in [1.29, 1.82) is 0 Å². The van der Waals surface area contributed by atoms with E-state index >= 15 is 0 Å². The molecular formula is C21H26BrN5O. The molecule has 3 aliphatic rings. The van der Waals surface area contributed by atoms with Crippen LogP contribution in [-0.2, 0) is 4.79 Å². The number of fused-ring (bicyclic) bond motifs is 1. The zero-order chi connectivity index (χ0) is 19.7. The second-order valence-electron chi connectivity index (χ2n) is 7.43. The Balaban J connectivity index is 1.46. The first-order valence-corrected chi connectivity index (χ1v) is 10.6. The number of aliphatic imine (C=N–C) groups is 1. The van der Waals surface area contributed by atoms with E-state index in [0.29, 0.717) is 11.0 Å². The van der Waals surface area contributed by atoms with Gasteiger partial charge in [-0.15, -0.1) is 0 Å². The Bertz CT molecular complexity index is 837. The molecule has 0 aromatic heterocycles. The summed E-state index contributed by atoms with van der Waals surface area (Å²) in [6.45, 7) is 6.92. The summed E-state index contributed by atoms with van der Waals surface area (Å²) in [5.41, 5.74) is 2.27. The maximum atomic E-state index is 12.4. The molecule has 0 saturated carbocycles. The average Bonchev–Trinajstić information content (AvgIpc) is 2.71. The Kier molecular flexibility index (Phi) is 5.55. The van der Waals surface area contributed by atoms with Crippen LogP contribution in [0.1, 0.15) is 13.3 Å². The lowest BCUT2D eigenvalue weighted by atomic mass is 9.97. The molecule has 1 aromatic rings. The van der Waals surface area contributed by atoms with Crippen molar-refractivity contribution in [2.75, 3.05) is 50.0 Å². The van der Waals surface area contributed by atoms with Crippen LogP contribution in [0.25, 0.3) is 0 Å². The predicted molar refractivity (Wildman–Crippen MR) is 118 cm³/mol. The Morgan fingerprint density at radius 2 is 1.89 bits per heavy atom. The van der Waals surface area contributed by atoms with Crippen LogP contribution >= 0.6 is 15.9 Å². The van der Waals surface area contributed by atoms with Gasteiger partial charge in [-0.2, -0.15) is 0 Å². The lowest BCUT2D eigenvalue weighted by Crippen LogP contribution is -2.44. The SMILES string of the molecule is CCN1C(=O)C(Br)=CC2CC=C(Nc3ccc(N4CCN(C)CC4)cc3)N=C21. The number of rotatable bonds is 4. The second-order valence-corrected chi connectivity index (χ2v) is 8.28. The van der Waals surface area contributed by atoms with Gasteiger partial charge in [0.2, 0.25) is 0 Å². The first-order valence-electron chi connectivity index (χ1n) is 9.83. The Hall–Kier alpha value is -2.12. The summed E-state index contributed by atoms with van der Waals surface area (Å²) in [5, 5.41) is 3.40. The number of amidine groups is 1. The normalized spacial score (nSPS) is 23.0. The van der Waals surface area contributed by atoms with Crippen molar-refractivity contribution in [3.63, 3.8) is 0 Å². The van der Waals surface area contributed by atoms with Gasteiger partial charge in [-0.25, -0.2) is 4.99 Å². The predicted octanol–water partition coefficient (Wildman–Crippen LogP) is 3.25. The summed E-state index contributed by atoms with van der Waals surface area (Å²) in [6, 6.07) is 8.52. The fourth-order valence-electron chi connectivity index (χ4n) is 3.83. The molecule has 1 amide bonds. The van der Waals surface area contributed by atoms with E-state index in [9.17, 15) is 4.79 Å². The molecule has 148 valence electrons. The minimum absolute atomic E-state index is 0.0183. The van der Waals surface area contributed by atoms with Gasteiger partial charge in [0.1, 0.15) is 11.7 Å². The van der Waals surface area contributed by atoms with Gasteiger partial charge in [-0.3, -0.25) is 9.69 Å². The van der Waals surface area contributed by atoms with Crippen molar-refractivity contribution in [3.05, 3.63) is 46.7 Å². The minimum Gasteiger partial charge on any atom is -0.369 e. The fraction of sp³-hybridized carbons (Fsp3) is 0.429. The maximum Gasteiger partial charge on any atom is 0.265 e. The summed E-state index contributed by atoms with van der Waals surface area (Å²) in [6.07, 6.45) is 4.90. The summed E-state index contributed by atoms with van der Waals surface area (Å²) in [4.78, 5) is 23.6. The van der Waals surface area contributed by atoms with Crippen LogP contribution in [0, 0.1) is 5.92 Å². The monoisotopic (exact) mass is 443 g/mol. The molecule has 3 heterocycles. The quantitative estimate of drug-likeness (QED) is 0.775. The van der Waals surface area contributed by atoms with Crippen LogP contribution in [0.3, 0.4) is 0 Å². The third-order valence-electron chi connectivity index (χ3n) is 5.53. The number of hydrogen-bond acceptors (Lipinski definition) is 5. The van der Waals surface area contributed by atoms with Gasteiger partial charge < -0.3 is 15.1 Å². The molecule has 3 aliphatic heterocycles. The van der Waals surface area contributed by atoms with E-state index < -0.39 is 0 Å². The van der Waals surface area contributed by atoms with E-state index in [0.717, 1.165) is 49.9 Å². The summed E-state index contributed by atoms with van der Waals surface area (Å²) in [7, 11) is 2.17. The molecule has 6 nitrogen and oxygen atoms in total. The molecule has 1 aromatic carbocycles. The van der Waals surface area contributed by atoms with Gasteiger partial charge in [-0.1, -0.05) is 6.08 Å². The molecule has 1 fully saturated rings. The van der Waals surface area contributed by atoms with Crippen molar-refractivity contribution in [1.82, 2.24) is 9.80 Å². The highest BCUT2D eigenvalue weighted by Gasteiger charge is 2.32. The Labute approximate surface area is 174 Å². The first-order chi connectivity index (χ1) is 13.5. The third-order valence-corrected chi connectivity index (χ3v) is 6.13. The largest absolute Gasteiger partial charge is 0.369 e. The van der Waals surface area contributed by atoms with Crippen LogP contribution in [0.15, 0.2) is 51.7 Å². The summed E-state index contributed by atoms with van der Waals surface area (Å²) in [5.74, 6) is 1.76. The number of amides is 1. The van der Waals surface area contributed by atoms with Gasteiger partial charge in [0.25, 0.3) is 5.91 Å². The Morgan fingerprint density at radius 1 is 1.18 bits per heavy atom.